The Balaban J connectivity index is 1.56. The first-order valence-electron chi connectivity index (χ1n) is 9.43. The van der Waals surface area contributed by atoms with Crippen molar-refractivity contribution in [2.75, 3.05) is 33.7 Å². The van der Waals surface area contributed by atoms with Gasteiger partial charge in [-0.2, -0.15) is 9.40 Å². The summed E-state index contributed by atoms with van der Waals surface area (Å²) in [4.78, 5) is 16.7. The number of aromatic amines is 1. The maximum Gasteiger partial charge on any atom is 0.272 e. The van der Waals surface area contributed by atoms with Crippen LogP contribution in [0.25, 0.3) is 0 Å². The van der Waals surface area contributed by atoms with Gasteiger partial charge >= 0.3 is 0 Å². The Labute approximate surface area is 165 Å². The van der Waals surface area contributed by atoms with E-state index in [-0.39, 0.29) is 11.9 Å². The number of likely N-dealkylation sites (N-methyl/N-ethyl adjacent to an activating group) is 1. The number of hydrogen-bond acceptors (Lipinski definition) is 5. The van der Waals surface area contributed by atoms with Crippen molar-refractivity contribution in [2.24, 2.45) is 0 Å². The number of benzene rings is 1. The summed E-state index contributed by atoms with van der Waals surface area (Å²) in [7, 11) is 0.422. The molecule has 1 fully saturated rings. The number of rotatable bonds is 4. The van der Waals surface area contributed by atoms with E-state index in [1.54, 1.807) is 33.6 Å². The van der Waals surface area contributed by atoms with Gasteiger partial charge in [0, 0.05) is 38.4 Å². The molecule has 2 aromatic rings. The number of hydrogen-bond donors (Lipinski definition) is 1. The first-order valence-corrected chi connectivity index (χ1v) is 10.9. The third-order valence-electron chi connectivity index (χ3n) is 5.70. The monoisotopic (exact) mass is 403 g/mol. The molecule has 2 aliphatic rings. The maximum atomic E-state index is 13.1. The summed E-state index contributed by atoms with van der Waals surface area (Å²) < 4.78 is 27.8. The van der Waals surface area contributed by atoms with Crippen LogP contribution in [0.4, 0.5) is 0 Å². The SMILES string of the molecule is CN(C)[C@@H]1CCN(S(=O)(=O)c2ccc3c(c2)CN(C(=O)c2ccn[nH]2)CC3)C1. The minimum absolute atomic E-state index is 0.121. The molecule has 0 bridgehead atoms. The van der Waals surface area contributed by atoms with Gasteiger partial charge in [0.05, 0.1) is 4.90 Å². The molecule has 1 saturated heterocycles. The zero-order chi connectivity index (χ0) is 19.9. The van der Waals surface area contributed by atoms with Gasteiger partial charge < -0.3 is 9.80 Å². The van der Waals surface area contributed by atoms with Gasteiger partial charge in [0.25, 0.3) is 5.91 Å². The van der Waals surface area contributed by atoms with Crippen LogP contribution >= 0.6 is 0 Å². The molecular weight excluding hydrogens is 378 g/mol. The first-order chi connectivity index (χ1) is 13.4. The highest BCUT2D eigenvalue weighted by Gasteiger charge is 2.34. The van der Waals surface area contributed by atoms with Crippen molar-refractivity contribution < 1.29 is 13.2 Å². The lowest BCUT2D eigenvalue weighted by atomic mass is 9.99. The lowest BCUT2D eigenvalue weighted by Crippen LogP contribution is -2.37. The van der Waals surface area contributed by atoms with Gasteiger partial charge in [-0.1, -0.05) is 6.07 Å². The van der Waals surface area contributed by atoms with E-state index in [1.807, 2.05) is 20.2 Å². The van der Waals surface area contributed by atoms with Crippen LogP contribution in [-0.4, -0.2) is 78.4 Å². The van der Waals surface area contributed by atoms with Crippen molar-refractivity contribution in [2.45, 2.75) is 30.3 Å². The van der Waals surface area contributed by atoms with E-state index in [1.165, 1.54) is 0 Å². The highest BCUT2D eigenvalue weighted by molar-refractivity contribution is 7.89. The number of fused-ring (bicyclic) bond motifs is 1. The third-order valence-corrected chi connectivity index (χ3v) is 7.56. The second kappa shape index (κ2) is 7.31. The van der Waals surface area contributed by atoms with Crippen molar-refractivity contribution in [3.05, 3.63) is 47.3 Å². The summed E-state index contributed by atoms with van der Waals surface area (Å²) in [6.07, 6.45) is 3.10. The molecule has 0 saturated carbocycles. The minimum atomic E-state index is -3.53. The number of carbonyl (C=O) groups is 1. The molecule has 0 unspecified atom stereocenters. The van der Waals surface area contributed by atoms with E-state index in [2.05, 4.69) is 15.1 Å². The van der Waals surface area contributed by atoms with Crippen LogP contribution in [0.1, 0.15) is 28.0 Å². The molecule has 0 aliphatic carbocycles. The van der Waals surface area contributed by atoms with Crippen molar-refractivity contribution >= 4 is 15.9 Å². The average Bonchev–Trinajstić information content (AvgIpc) is 3.38. The van der Waals surface area contributed by atoms with Crippen LogP contribution in [0, 0.1) is 0 Å². The van der Waals surface area contributed by atoms with Crippen LogP contribution in [0.5, 0.6) is 0 Å². The van der Waals surface area contributed by atoms with Crippen molar-refractivity contribution in [1.82, 2.24) is 24.3 Å². The molecule has 3 heterocycles. The van der Waals surface area contributed by atoms with Crippen molar-refractivity contribution in [3.63, 3.8) is 0 Å². The number of H-pyrrole nitrogens is 1. The fourth-order valence-electron chi connectivity index (χ4n) is 3.91. The van der Waals surface area contributed by atoms with Crippen molar-refractivity contribution in [1.29, 1.82) is 0 Å². The largest absolute Gasteiger partial charge is 0.333 e. The molecule has 150 valence electrons. The standard InChI is InChI=1S/C19H25N5O3S/c1-22(2)16-7-10-24(13-16)28(26,27)17-4-3-14-6-9-23(12-15(14)11-17)19(25)18-5-8-20-21-18/h3-5,8,11,16H,6-7,9-10,12-13H2,1-2H3,(H,20,21)/t16-/m1/s1. The number of sulfonamides is 1. The molecule has 1 aromatic heterocycles. The molecule has 2 aliphatic heterocycles. The van der Waals surface area contributed by atoms with Gasteiger partial charge in [-0.3, -0.25) is 9.89 Å². The predicted octanol–water partition coefficient (Wildman–Crippen LogP) is 0.933. The summed E-state index contributed by atoms with van der Waals surface area (Å²) in [5, 5.41) is 6.53. The van der Waals surface area contributed by atoms with E-state index in [0.717, 1.165) is 17.5 Å². The first kappa shape index (κ1) is 19.1. The molecule has 1 N–H and O–H groups in total. The fraction of sp³-hybridized carbons (Fsp3) is 0.474. The van der Waals surface area contributed by atoms with Gasteiger partial charge in [0.2, 0.25) is 10.0 Å². The highest BCUT2D eigenvalue weighted by Crippen LogP contribution is 2.27. The molecule has 0 spiro atoms. The number of carbonyl (C=O) groups excluding carboxylic acids is 1. The summed E-state index contributed by atoms with van der Waals surface area (Å²) >= 11 is 0. The lowest BCUT2D eigenvalue weighted by molar-refractivity contribution is 0.0728. The maximum absolute atomic E-state index is 13.1. The summed E-state index contributed by atoms with van der Waals surface area (Å²) in [6.45, 7) is 2.05. The Hall–Kier alpha value is -2.23. The van der Waals surface area contributed by atoms with Gasteiger partial charge in [-0.15, -0.1) is 0 Å². The van der Waals surface area contributed by atoms with E-state index >= 15 is 0 Å². The molecule has 4 rings (SSSR count). The Morgan fingerprint density at radius 1 is 1.21 bits per heavy atom. The zero-order valence-corrected chi connectivity index (χ0v) is 16.9. The van der Waals surface area contributed by atoms with Crippen LogP contribution in [0.2, 0.25) is 0 Å². The Bertz CT molecular complexity index is 971. The second-order valence-electron chi connectivity index (χ2n) is 7.65. The summed E-state index contributed by atoms with van der Waals surface area (Å²) in [5.41, 5.74) is 2.43. The van der Waals surface area contributed by atoms with Gasteiger partial charge in [0.15, 0.2) is 0 Å². The summed E-state index contributed by atoms with van der Waals surface area (Å²) in [5.74, 6) is -0.121. The Morgan fingerprint density at radius 3 is 2.71 bits per heavy atom. The van der Waals surface area contributed by atoms with E-state index in [9.17, 15) is 13.2 Å². The second-order valence-corrected chi connectivity index (χ2v) is 9.58. The quantitative estimate of drug-likeness (QED) is 0.820. The van der Waals surface area contributed by atoms with Crippen LogP contribution in [0.3, 0.4) is 0 Å². The highest BCUT2D eigenvalue weighted by atomic mass is 32.2. The summed E-state index contributed by atoms with van der Waals surface area (Å²) in [6, 6.07) is 7.21. The molecule has 1 atom stereocenters. The number of amides is 1. The molecule has 28 heavy (non-hydrogen) atoms. The Kier molecular flexibility index (Phi) is 4.98. The predicted molar refractivity (Wildman–Crippen MR) is 104 cm³/mol. The van der Waals surface area contributed by atoms with Crippen LogP contribution < -0.4 is 0 Å². The smallest absolute Gasteiger partial charge is 0.272 e. The third kappa shape index (κ3) is 3.45. The molecular formula is C19H25N5O3S. The molecule has 9 heteroatoms. The van der Waals surface area contributed by atoms with E-state index < -0.39 is 10.0 Å². The van der Waals surface area contributed by atoms with Crippen LogP contribution in [-0.2, 0) is 23.0 Å². The topological polar surface area (TPSA) is 89.6 Å². The van der Waals surface area contributed by atoms with Crippen LogP contribution in [0.15, 0.2) is 35.4 Å². The van der Waals surface area contributed by atoms with Gasteiger partial charge in [-0.05, 0) is 56.3 Å². The molecule has 1 amide bonds. The number of nitrogens with zero attached hydrogens (tertiary/aromatic N) is 4. The Morgan fingerprint density at radius 2 is 2.04 bits per heavy atom. The van der Waals surface area contributed by atoms with E-state index in [4.69, 9.17) is 0 Å². The normalized spacial score (nSPS) is 20.5. The average molecular weight is 404 g/mol. The number of nitrogens with one attached hydrogen (secondary N) is 1. The minimum Gasteiger partial charge on any atom is -0.333 e. The molecule has 0 radical (unpaired) electrons. The van der Waals surface area contributed by atoms with Gasteiger partial charge in [-0.25, -0.2) is 8.42 Å². The van der Waals surface area contributed by atoms with Gasteiger partial charge in [0.1, 0.15) is 5.69 Å². The lowest BCUT2D eigenvalue weighted by Gasteiger charge is -2.29. The molecule has 1 aromatic carbocycles. The van der Waals surface area contributed by atoms with Crippen molar-refractivity contribution in [3.8, 4) is 0 Å². The number of aromatic nitrogens is 2. The zero-order valence-electron chi connectivity index (χ0n) is 16.1. The van der Waals surface area contributed by atoms with E-state index in [0.29, 0.717) is 43.2 Å². The molecule has 8 nitrogen and oxygen atoms in total. The fourth-order valence-corrected chi connectivity index (χ4v) is 5.46.